The normalized spacial score (nSPS) is 22.9. The highest BCUT2D eigenvalue weighted by Crippen LogP contribution is 2.36. The lowest BCUT2D eigenvalue weighted by molar-refractivity contribution is -0.131. The van der Waals surface area contributed by atoms with Gasteiger partial charge in [0.2, 0.25) is 11.8 Å². The number of aromatic nitrogens is 2. The first kappa shape index (κ1) is 17.5. The number of hydrogen-bond acceptors (Lipinski definition) is 5. The summed E-state index contributed by atoms with van der Waals surface area (Å²) in [4.78, 5) is 14.5. The van der Waals surface area contributed by atoms with Crippen LogP contribution in [0.5, 0.6) is 0 Å². The van der Waals surface area contributed by atoms with Crippen molar-refractivity contribution in [2.75, 3.05) is 18.8 Å². The van der Waals surface area contributed by atoms with Gasteiger partial charge in [0.05, 0.1) is 5.75 Å². The second kappa shape index (κ2) is 7.78. The SMILES string of the molecule is O=C(CSc1nnc(-c2ccc(F)cc2)o1)N1CC[C@H]2CCCC[C@@H]2C1. The lowest BCUT2D eigenvalue weighted by Crippen LogP contribution is -2.45. The van der Waals surface area contributed by atoms with Gasteiger partial charge in [-0.3, -0.25) is 4.79 Å². The molecule has 0 unspecified atom stereocenters. The van der Waals surface area contributed by atoms with E-state index in [2.05, 4.69) is 10.2 Å². The van der Waals surface area contributed by atoms with E-state index in [9.17, 15) is 9.18 Å². The number of amides is 1. The zero-order valence-electron chi connectivity index (χ0n) is 14.6. The maximum absolute atomic E-state index is 13.0. The van der Waals surface area contributed by atoms with Gasteiger partial charge in [0.1, 0.15) is 5.82 Å². The summed E-state index contributed by atoms with van der Waals surface area (Å²) < 4.78 is 18.6. The maximum atomic E-state index is 13.0. The fourth-order valence-electron chi connectivity index (χ4n) is 4.02. The van der Waals surface area contributed by atoms with Crippen LogP contribution in [0, 0.1) is 17.7 Å². The van der Waals surface area contributed by atoms with Gasteiger partial charge in [-0.25, -0.2) is 4.39 Å². The highest BCUT2D eigenvalue weighted by Gasteiger charge is 2.32. The van der Waals surface area contributed by atoms with Crippen LogP contribution in [0.15, 0.2) is 33.9 Å². The topological polar surface area (TPSA) is 59.2 Å². The third-order valence-corrected chi connectivity index (χ3v) is 6.26. The van der Waals surface area contributed by atoms with Gasteiger partial charge in [-0.05, 0) is 48.9 Å². The molecule has 2 aliphatic rings. The first-order chi connectivity index (χ1) is 12.7. The van der Waals surface area contributed by atoms with Crippen LogP contribution in [-0.2, 0) is 4.79 Å². The van der Waals surface area contributed by atoms with Crippen LogP contribution in [0.25, 0.3) is 11.5 Å². The molecule has 1 aliphatic heterocycles. The number of hydrogen-bond donors (Lipinski definition) is 0. The van der Waals surface area contributed by atoms with Gasteiger partial charge in [0.25, 0.3) is 5.22 Å². The Hall–Kier alpha value is -1.89. The highest BCUT2D eigenvalue weighted by molar-refractivity contribution is 7.99. The molecule has 0 N–H and O–H groups in total. The molecule has 1 aliphatic carbocycles. The molecule has 1 aromatic heterocycles. The third kappa shape index (κ3) is 3.92. The fourth-order valence-corrected chi connectivity index (χ4v) is 4.69. The highest BCUT2D eigenvalue weighted by atomic mass is 32.2. The van der Waals surface area contributed by atoms with Gasteiger partial charge < -0.3 is 9.32 Å². The van der Waals surface area contributed by atoms with Crippen molar-refractivity contribution in [3.8, 4) is 11.5 Å². The smallest absolute Gasteiger partial charge is 0.277 e. The Kier molecular flexibility index (Phi) is 5.24. The minimum absolute atomic E-state index is 0.139. The molecule has 0 radical (unpaired) electrons. The Morgan fingerprint density at radius 1 is 1.15 bits per heavy atom. The van der Waals surface area contributed by atoms with Crippen LogP contribution in [0.2, 0.25) is 0 Å². The largest absolute Gasteiger partial charge is 0.411 e. The summed E-state index contributed by atoms with van der Waals surface area (Å²) in [5.74, 6) is 1.97. The molecule has 2 fully saturated rings. The zero-order valence-corrected chi connectivity index (χ0v) is 15.4. The molecule has 1 aromatic carbocycles. The molecule has 138 valence electrons. The van der Waals surface area contributed by atoms with E-state index in [4.69, 9.17) is 4.42 Å². The molecule has 4 rings (SSSR count). The van der Waals surface area contributed by atoms with Crippen molar-refractivity contribution in [2.24, 2.45) is 11.8 Å². The average molecular weight is 375 g/mol. The van der Waals surface area contributed by atoms with Crippen LogP contribution in [0.3, 0.4) is 0 Å². The van der Waals surface area contributed by atoms with Crippen molar-refractivity contribution in [1.82, 2.24) is 15.1 Å². The van der Waals surface area contributed by atoms with Crippen molar-refractivity contribution < 1.29 is 13.6 Å². The number of benzene rings is 1. The van der Waals surface area contributed by atoms with E-state index in [0.717, 1.165) is 25.4 Å². The number of thioether (sulfide) groups is 1. The van der Waals surface area contributed by atoms with E-state index in [1.54, 1.807) is 12.1 Å². The van der Waals surface area contributed by atoms with Gasteiger partial charge in [-0.2, -0.15) is 0 Å². The second-order valence-corrected chi connectivity index (χ2v) is 8.03. The average Bonchev–Trinajstić information content (AvgIpc) is 3.15. The summed E-state index contributed by atoms with van der Waals surface area (Å²) in [6.07, 6.45) is 6.36. The summed E-state index contributed by atoms with van der Waals surface area (Å²) in [7, 11) is 0. The summed E-state index contributed by atoms with van der Waals surface area (Å²) in [5.41, 5.74) is 0.663. The van der Waals surface area contributed by atoms with Crippen molar-refractivity contribution >= 4 is 17.7 Å². The van der Waals surface area contributed by atoms with Gasteiger partial charge >= 0.3 is 0 Å². The molecule has 7 heteroatoms. The Bertz CT molecular complexity index is 764. The van der Waals surface area contributed by atoms with Crippen molar-refractivity contribution in [2.45, 2.75) is 37.3 Å². The molecular formula is C19H22FN3O2S. The predicted molar refractivity (Wildman–Crippen MR) is 97.1 cm³/mol. The first-order valence-electron chi connectivity index (χ1n) is 9.19. The maximum Gasteiger partial charge on any atom is 0.277 e. The Morgan fingerprint density at radius 2 is 1.92 bits per heavy atom. The number of likely N-dealkylation sites (tertiary alicyclic amines) is 1. The van der Waals surface area contributed by atoms with Crippen LogP contribution < -0.4 is 0 Å². The van der Waals surface area contributed by atoms with E-state index in [1.807, 2.05) is 4.90 Å². The van der Waals surface area contributed by atoms with Gasteiger partial charge in [-0.15, -0.1) is 10.2 Å². The molecule has 0 spiro atoms. The number of piperidine rings is 1. The molecular weight excluding hydrogens is 353 g/mol. The monoisotopic (exact) mass is 375 g/mol. The third-order valence-electron chi connectivity index (χ3n) is 5.46. The minimum Gasteiger partial charge on any atom is -0.411 e. The van der Waals surface area contributed by atoms with E-state index in [-0.39, 0.29) is 11.7 Å². The van der Waals surface area contributed by atoms with Gasteiger partial charge in [-0.1, -0.05) is 31.0 Å². The molecule has 0 bridgehead atoms. The summed E-state index contributed by atoms with van der Waals surface area (Å²) in [6, 6.07) is 5.89. The van der Waals surface area contributed by atoms with E-state index in [1.165, 1.54) is 49.6 Å². The lowest BCUT2D eigenvalue weighted by Gasteiger charge is -2.41. The predicted octanol–water partition coefficient (Wildman–Crippen LogP) is 4.01. The number of carbonyl (C=O) groups excluding carboxylic acids is 1. The quantitative estimate of drug-likeness (QED) is 0.756. The van der Waals surface area contributed by atoms with Crippen LogP contribution in [0.1, 0.15) is 32.1 Å². The standard InChI is InChI=1S/C19H22FN3O2S/c20-16-7-5-14(6-8-16)18-21-22-19(25-18)26-12-17(24)23-10-9-13-3-1-2-4-15(13)11-23/h5-8,13,15H,1-4,9-12H2/t13-,15-/m1/s1. The number of rotatable bonds is 4. The number of halogens is 1. The Labute approximate surface area is 156 Å². The van der Waals surface area contributed by atoms with Crippen LogP contribution in [0.4, 0.5) is 4.39 Å². The summed E-state index contributed by atoms with van der Waals surface area (Å²) >= 11 is 1.26. The molecule has 2 atom stereocenters. The molecule has 26 heavy (non-hydrogen) atoms. The van der Waals surface area contributed by atoms with Crippen molar-refractivity contribution in [3.63, 3.8) is 0 Å². The van der Waals surface area contributed by atoms with E-state index >= 15 is 0 Å². The Morgan fingerprint density at radius 3 is 2.73 bits per heavy atom. The van der Waals surface area contributed by atoms with E-state index in [0.29, 0.717) is 28.3 Å². The lowest BCUT2D eigenvalue weighted by atomic mass is 9.75. The molecule has 5 nitrogen and oxygen atoms in total. The number of nitrogens with zero attached hydrogens (tertiary/aromatic N) is 3. The fraction of sp³-hybridized carbons (Fsp3) is 0.526. The van der Waals surface area contributed by atoms with Crippen LogP contribution in [-0.4, -0.2) is 39.8 Å². The number of carbonyl (C=O) groups is 1. The summed E-state index contributed by atoms with van der Waals surface area (Å²) in [6.45, 7) is 1.76. The van der Waals surface area contributed by atoms with Crippen molar-refractivity contribution in [1.29, 1.82) is 0 Å². The van der Waals surface area contributed by atoms with Gasteiger partial charge in [0, 0.05) is 18.7 Å². The number of fused-ring (bicyclic) bond motifs is 1. The minimum atomic E-state index is -0.310. The first-order valence-corrected chi connectivity index (χ1v) is 10.2. The summed E-state index contributed by atoms with van der Waals surface area (Å²) in [5, 5.41) is 8.32. The van der Waals surface area contributed by atoms with Gasteiger partial charge in [0.15, 0.2) is 0 Å². The second-order valence-electron chi connectivity index (χ2n) is 7.10. The van der Waals surface area contributed by atoms with Crippen LogP contribution >= 0.6 is 11.8 Å². The molecule has 1 saturated heterocycles. The molecule has 2 heterocycles. The molecule has 1 saturated carbocycles. The molecule has 2 aromatic rings. The molecule has 1 amide bonds. The van der Waals surface area contributed by atoms with Crippen molar-refractivity contribution in [3.05, 3.63) is 30.1 Å². The Balaban J connectivity index is 1.31. The van der Waals surface area contributed by atoms with E-state index < -0.39 is 0 Å². The zero-order chi connectivity index (χ0) is 17.9.